The Morgan fingerprint density at radius 3 is 2.54 bits per heavy atom. The molecule has 0 bridgehead atoms. The SMILES string of the molecule is Cc1oc([C@@]2(Cc3ccc(F)c(-c4cccc(F)c4OCc4ccccc4)c3)CC[C@H](NS(C)(=O)=O)C2)nc1CCl. The summed E-state index contributed by atoms with van der Waals surface area (Å²) in [6.45, 7) is 1.92. The quantitative estimate of drug-likeness (QED) is 0.202. The van der Waals surface area contributed by atoms with E-state index in [9.17, 15) is 12.8 Å². The molecule has 1 saturated carbocycles. The standard InChI is InChI=1S/C31H31ClF2N2O4S/c1-20-28(18-32)35-30(40-20)31(14-13-23(17-31)36-41(2,37)38)16-22-11-12-26(33)25(15-22)24-9-6-10-27(34)29(24)39-19-21-7-4-3-5-8-21/h3-12,15,23,36H,13-14,16-19H2,1-2H3/t23-,31+/m0/s1. The van der Waals surface area contributed by atoms with Gasteiger partial charge >= 0.3 is 0 Å². The van der Waals surface area contributed by atoms with Crippen LogP contribution in [0, 0.1) is 18.6 Å². The van der Waals surface area contributed by atoms with E-state index in [1.807, 2.05) is 30.3 Å². The van der Waals surface area contributed by atoms with E-state index >= 15 is 4.39 Å². The molecule has 1 aliphatic rings. The van der Waals surface area contributed by atoms with Gasteiger partial charge in [0.05, 0.1) is 23.2 Å². The van der Waals surface area contributed by atoms with Crippen LogP contribution in [0.2, 0.25) is 0 Å². The number of aromatic nitrogens is 1. The van der Waals surface area contributed by atoms with Crippen molar-refractivity contribution >= 4 is 21.6 Å². The van der Waals surface area contributed by atoms with Gasteiger partial charge in [-0.1, -0.05) is 48.5 Å². The van der Waals surface area contributed by atoms with Gasteiger partial charge in [-0.25, -0.2) is 26.9 Å². The maximum Gasteiger partial charge on any atom is 0.208 e. The zero-order valence-electron chi connectivity index (χ0n) is 22.8. The molecule has 1 aromatic heterocycles. The first-order valence-corrected chi connectivity index (χ1v) is 15.7. The van der Waals surface area contributed by atoms with E-state index in [2.05, 4.69) is 9.71 Å². The lowest BCUT2D eigenvalue weighted by Gasteiger charge is -2.27. The molecule has 0 aliphatic heterocycles. The second-order valence-electron chi connectivity index (χ2n) is 10.6. The largest absolute Gasteiger partial charge is 0.485 e. The number of nitrogens with one attached hydrogen (secondary N) is 1. The van der Waals surface area contributed by atoms with Crippen LogP contribution in [0.3, 0.4) is 0 Å². The van der Waals surface area contributed by atoms with Gasteiger partial charge in [-0.2, -0.15) is 0 Å². The van der Waals surface area contributed by atoms with Crippen LogP contribution in [0.4, 0.5) is 8.78 Å². The van der Waals surface area contributed by atoms with E-state index in [4.69, 9.17) is 20.8 Å². The van der Waals surface area contributed by atoms with Gasteiger partial charge in [0.2, 0.25) is 15.9 Å². The second kappa shape index (κ2) is 11.9. The Bertz CT molecular complexity index is 1650. The van der Waals surface area contributed by atoms with Crippen molar-refractivity contribution in [3.63, 3.8) is 0 Å². The number of halogens is 3. The molecule has 1 heterocycles. The van der Waals surface area contributed by atoms with E-state index in [0.717, 1.165) is 17.4 Å². The molecule has 0 saturated heterocycles. The number of hydrogen-bond acceptors (Lipinski definition) is 5. The molecule has 5 rings (SSSR count). The van der Waals surface area contributed by atoms with Crippen molar-refractivity contribution in [3.05, 3.63) is 107 Å². The molecule has 1 aliphatic carbocycles. The van der Waals surface area contributed by atoms with Crippen molar-refractivity contribution in [1.82, 2.24) is 9.71 Å². The third kappa shape index (κ3) is 6.63. The number of benzene rings is 3. The van der Waals surface area contributed by atoms with Gasteiger partial charge in [0, 0.05) is 17.2 Å². The fraction of sp³-hybridized carbons (Fsp3) is 0.323. The predicted molar refractivity (Wildman–Crippen MR) is 154 cm³/mol. The average Bonchev–Trinajstić information content (AvgIpc) is 3.52. The number of para-hydroxylation sites is 1. The van der Waals surface area contributed by atoms with Crippen molar-refractivity contribution in [1.29, 1.82) is 0 Å². The van der Waals surface area contributed by atoms with E-state index in [0.29, 0.717) is 48.6 Å². The second-order valence-corrected chi connectivity index (χ2v) is 12.7. The van der Waals surface area contributed by atoms with Gasteiger partial charge in [0.25, 0.3) is 0 Å². The Kier molecular flexibility index (Phi) is 8.50. The fourth-order valence-electron chi connectivity index (χ4n) is 5.62. The Morgan fingerprint density at radius 2 is 1.83 bits per heavy atom. The molecule has 3 aromatic carbocycles. The third-order valence-corrected chi connectivity index (χ3v) is 8.53. The highest BCUT2D eigenvalue weighted by atomic mass is 35.5. The summed E-state index contributed by atoms with van der Waals surface area (Å²) in [4.78, 5) is 4.67. The van der Waals surface area contributed by atoms with E-state index in [-0.39, 0.29) is 29.8 Å². The number of alkyl halides is 1. The molecule has 4 aromatic rings. The molecule has 6 nitrogen and oxygen atoms in total. The first-order valence-electron chi connectivity index (χ1n) is 13.3. The molecule has 41 heavy (non-hydrogen) atoms. The summed E-state index contributed by atoms with van der Waals surface area (Å²) in [7, 11) is -3.42. The van der Waals surface area contributed by atoms with Crippen molar-refractivity contribution < 1.29 is 26.4 Å². The lowest BCUT2D eigenvalue weighted by Crippen LogP contribution is -2.35. The Balaban J connectivity index is 1.50. The zero-order valence-corrected chi connectivity index (χ0v) is 24.4. The van der Waals surface area contributed by atoms with Crippen LogP contribution < -0.4 is 9.46 Å². The van der Waals surface area contributed by atoms with Crippen molar-refractivity contribution in [2.75, 3.05) is 6.26 Å². The van der Waals surface area contributed by atoms with Crippen molar-refractivity contribution in [2.24, 2.45) is 0 Å². The minimum atomic E-state index is -3.42. The van der Waals surface area contributed by atoms with Gasteiger partial charge in [-0.05, 0) is 61.9 Å². The minimum absolute atomic E-state index is 0.0320. The molecular weight excluding hydrogens is 570 g/mol. The normalized spacial score (nSPS) is 19.0. The molecule has 2 atom stereocenters. The number of ether oxygens (including phenoxy) is 1. The molecule has 0 spiro atoms. The lowest BCUT2D eigenvalue weighted by atomic mass is 9.79. The van der Waals surface area contributed by atoms with Crippen LogP contribution in [0.5, 0.6) is 5.75 Å². The highest BCUT2D eigenvalue weighted by Crippen LogP contribution is 2.45. The first kappa shape index (κ1) is 29.2. The van der Waals surface area contributed by atoms with Crippen LogP contribution in [-0.2, 0) is 34.3 Å². The Labute approximate surface area is 243 Å². The monoisotopic (exact) mass is 600 g/mol. The minimum Gasteiger partial charge on any atom is -0.485 e. The lowest BCUT2D eigenvalue weighted by molar-refractivity contribution is 0.291. The Morgan fingerprint density at radius 1 is 1.05 bits per heavy atom. The van der Waals surface area contributed by atoms with Gasteiger partial charge in [0.15, 0.2) is 11.6 Å². The number of oxazole rings is 1. The summed E-state index contributed by atoms with van der Waals surface area (Å²) >= 11 is 6.07. The smallest absolute Gasteiger partial charge is 0.208 e. The fourth-order valence-corrected chi connectivity index (χ4v) is 6.67. The number of aryl methyl sites for hydroxylation is 1. The highest BCUT2D eigenvalue weighted by molar-refractivity contribution is 7.88. The van der Waals surface area contributed by atoms with Crippen LogP contribution in [0.15, 0.2) is 71.1 Å². The highest BCUT2D eigenvalue weighted by Gasteiger charge is 2.45. The van der Waals surface area contributed by atoms with Gasteiger partial charge in [-0.15, -0.1) is 11.6 Å². The van der Waals surface area contributed by atoms with Crippen molar-refractivity contribution in [2.45, 2.75) is 56.6 Å². The average molecular weight is 601 g/mol. The zero-order chi connectivity index (χ0) is 29.2. The van der Waals surface area contributed by atoms with Crippen LogP contribution in [0.1, 0.15) is 47.7 Å². The number of rotatable bonds is 10. The molecule has 0 radical (unpaired) electrons. The molecule has 1 fully saturated rings. The summed E-state index contributed by atoms with van der Waals surface area (Å²) in [5.74, 6) is 0.130. The summed E-state index contributed by atoms with van der Waals surface area (Å²) < 4.78 is 68.9. The maximum atomic E-state index is 15.3. The summed E-state index contributed by atoms with van der Waals surface area (Å²) in [5.41, 5.74) is 2.10. The number of hydrogen-bond donors (Lipinski definition) is 1. The number of nitrogens with zero attached hydrogens (tertiary/aromatic N) is 1. The summed E-state index contributed by atoms with van der Waals surface area (Å²) in [5, 5.41) is 0. The van der Waals surface area contributed by atoms with Crippen LogP contribution in [-0.4, -0.2) is 25.7 Å². The first-order chi connectivity index (χ1) is 19.6. The Hall–Kier alpha value is -3.27. The van der Waals surface area contributed by atoms with E-state index in [1.54, 1.807) is 25.1 Å². The molecule has 1 N–H and O–H groups in total. The molecular formula is C31H31ClF2N2O4S. The molecule has 216 valence electrons. The van der Waals surface area contributed by atoms with Crippen LogP contribution >= 0.6 is 11.6 Å². The maximum absolute atomic E-state index is 15.3. The van der Waals surface area contributed by atoms with E-state index in [1.165, 1.54) is 18.2 Å². The molecule has 0 amide bonds. The van der Waals surface area contributed by atoms with Gasteiger partial charge < -0.3 is 9.15 Å². The van der Waals surface area contributed by atoms with Crippen LogP contribution in [0.25, 0.3) is 11.1 Å². The molecule has 10 heteroatoms. The summed E-state index contributed by atoms with van der Waals surface area (Å²) in [6.07, 6.45) is 3.16. The summed E-state index contributed by atoms with van der Waals surface area (Å²) in [6, 6.07) is 18.2. The topological polar surface area (TPSA) is 81.4 Å². The molecule has 0 unspecified atom stereocenters. The third-order valence-electron chi connectivity index (χ3n) is 7.52. The predicted octanol–water partition coefficient (Wildman–Crippen LogP) is 6.83. The van der Waals surface area contributed by atoms with Gasteiger partial charge in [0.1, 0.15) is 18.2 Å². The number of sulfonamides is 1. The van der Waals surface area contributed by atoms with Crippen molar-refractivity contribution in [3.8, 4) is 16.9 Å². The van der Waals surface area contributed by atoms with Gasteiger partial charge in [-0.3, -0.25) is 0 Å². The van der Waals surface area contributed by atoms with E-state index < -0.39 is 27.1 Å².